The summed E-state index contributed by atoms with van der Waals surface area (Å²) in [5, 5.41) is 3.02. The van der Waals surface area contributed by atoms with Crippen molar-refractivity contribution in [3.05, 3.63) is 35.9 Å². The zero-order valence-electron chi connectivity index (χ0n) is 16.4. The first-order chi connectivity index (χ1) is 12.6. The Hall–Kier alpha value is -1.84. The predicted octanol–water partition coefficient (Wildman–Crippen LogP) is 4.61. The molecule has 0 aromatic heterocycles. The van der Waals surface area contributed by atoms with Crippen molar-refractivity contribution in [1.82, 2.24) is 10.2 Å². The van der Waals surface area contributed by atoms with Crippen LogP contribution in [0.5, 0.6) is 0 Å². The molecule has 26 heavy (non-hydrogen) atoms. The first kappa shape index (κ1) is 20.5. The Kier molecular flexibility index (Phi) is 8.66. The molecule has 0 radical (unpaired) electrons. The van der Waals surface area contributed by atoms with Crippen LogP contribution in [0.2, 0.25) is 0 Å². The molecule has 0 heterocycles. The molecule has 4 nitrogen and oxygen atoms in total. The van der Waals surface area contributed by atoms with Gasteiger partial charge in [0.1, 0.15) is 0 Å². The molecule has 0 spiro atoms. The minimum Gasteiger partial charge on any atom is -0.345 e. The Labute approximate surface area is 158 Å². The minimum atomic E-state index is -0.436. The largest absolute Gasteiger partial charge is 0.345 e. The van der Waals surface area contributed by atoms with E-state index in [1.54, 1.807) is 4.90 Å². The van der Waals surface area contributed by atoms with Gasteiger partial charge < -0.3 is 10.2 Å². The number of nitrogens with zero attached hydrogens (tertiary/aromatic N) is 1. The molecule has 1 atom stereocenters. The quantitative estimate of drug-likeness (QED) is 0.755. The van der Waals surface area contributed by atoms with Crippen molar-refractivity contribution in [2.75, 3.05) is 6.54 Å². The molecule has 1 aliphatic rings. The molecule has 1 aliphatic carbocycles. The third kappa shape index (κ3) is 6.15. The Morgan fingerprint density at radius 1 is 1.08 bits per heavy atom. The molecular formula is C22H34N2O2. The molecule has 4 heteroatoms. The van der Waals surface area contributed by atoms with Crippen molar-refractivity contribution in [1.29, 1.82) is 0 Å². The molecule has 1 saturated carbocycles. The average Bonchev–Trinajstić information content (AvgIpc) is 2.64. The molecule has 1 unspecified atom stereocenters. The molecule has 1 N–H and O–H groups in total. The number of nitrogens with one attached hydrogen (secondary N) is 1. The number of carbonyl (C=O) groups is 2. The topological polar surface area (TPSA) is 49.4 Å². The molecule has 144 valence electrons. The lowest BCUT2D eigenvalue weighted by Crippen LogP contribution is -2.47. The van der Waals surface area contributed by atoms with Crippen LogP contribution in [0, 0.1) is 0 Å². The number of unbranched alkanes of at least 4 members (excludes halogenated alkanes) is 1. The number of hydrogen-bond donors (Lipinski definition) is 1. The van der Waals surface area contributed by atoms with Crippen LogP contribution in [0.4, 0.5) is 0 Å². The maximum atomic E-state index is 12.9. The van der Waals surface area contributed by atoms with Gasteiger partial charge in [-0.05, 0) is 31.7 Å². The molecule has 1 aromatic rings. The van der Waals surface area contributed by atoms with Crippen LogP contribution in [0.3, 0.4) is 0 Å². The van der Waals surface area contributed by atoms with Crippen LogP contribution in [0.15, 0.2) is 30.3 Å². The summed E-state index contributed by atoms with van der Waals surface area (Å²) in [5.41, 5.74) is 1.07. The maximum Gasteiger partial charge on any atom is 0.312 e. The average molecular weight is 359 g/mol. The second-order valence-electron chi connectivity index (χ2n) is 7.45. The lowest BCUT2D eigenvalue weighted by Gasteiger charge is -2.30. The Morgan fingerprint density at radius 3 is 2.31 bits per heavy atom. The number of hydrogen-bond acceptors (Lipinski definition) is 2. The second kappa shape index (κ2) is 11.0. The van der Waals surface area contributed by atoms with E-state index in [2.05, 4.69) is 12.2 Å². The number of rotatable bonds is 6. The van der Waals surface area contributed by atoms with E-state index >= 15 is 0 Å². The molecule has 1 aromatic carbocycles. The molecule has 0 aliphatic heterocycles. The SMILES string of the molecule is CCCCN(C(=O)C(=O)NC1CCCCCCC1)C(C)c1ccccc1. The molecule has 2 amide bonds. The van der Waals surface area contributed by atoms with E-state index in [0.29, 0.717) is 6.54 Å². The van der Waals surface area contributed by atoms with E-state index in [1.165, 1.54) is 19.3 Å². The number of amides is 2. The van der Waals surface area contributed by atoms with Gasteiger partial charge in [0.05, 0.1) is 6.04 Å². The van der Waals surface area contributed by atoms with Crippen molar-refractivity contribution >= 4 is 11.8 Å². The fourth-order valence-electron chi connectivity index (χ4n) is 3.69. The monoisotopic (exact) mass is 358 g/mol. The highest BCUT2D eigenvalue weighted by molar-refractivity contribution is 6.35. The van der Waals surface area contributed by atoms with E-state index in [1.807, 2.05) is 37.3 Å². The standard InChI is InChI=1S/C22H34N2O2/c1-3-4-17-24(18(2)19-13-9-8-10-14-19)22(26)21(25)23-20-15-11-6-5-7-12-16-20/h8-10,13-14,18,20H,3-7,11-12,15-17H2,1-2H3,(H,23,25). The normalized spacial score (nSPS) is 17.0. The zero-order valence-corrected chi connectivity index (χ0v) is 16.4. The highest BCUT2D eigenvalue weighted by Crippen LogP contribution is 2.21. The summed E-state index contributed by atoms with van der Waals surface area (Å²) in [6, 6.07) is 10.00. The van der Waals surface area contributed by atoms with Gasteiger partial charge in [-0.3, -0.25) is 9.59 Å². The van der Waals surface area contributed by atoms with Crippen molar-refractivity contribution in [3.8, 4) is 0 Å². The van der Waals surface area contributed by atoms with Crippen molar-refractivity contribution < 1.29 is 9.59 Å². The second-order valence-corrected chi connectivity index (χ2v) is 7.45. The highest BCUT2D eigenvalue weighted by Gasteiger charge is 2.28. The van der Waals surface area contributed by atoms with Crippen LogP contribution in [0.1, 0.15) is 83.2 Å². The zero-order chi connectivity index (χ0) is 18.8. The fourth-order valence-corrected chi connectivity index (χ4v) is 3.69. The first-order valence-electron chi connectivity index (χ1n) is 10.3. The molecule has 2 rings (SSSR count). The van der Waals surface area contributed by atoms with E-state index in [0.717, 1.165) is 44.1 Å². The van der Waals surface area contributed by atoms with Crippen molar-refractivity contribution in [3.63, 3.8) is 0 Å². The Balaban J connectivity index is 2.03. The summed E-state index contributed by atoms with van der Waals surface area (Å²) in [7, 11) is 0. The smallest absolute Gasteiger partial charge is 0.312 e. The third-order valence-electron chi connectivity index (χ3n) is 5.40. The van der Waals surface area contributed by atoms with Gasteiger partial charge in [0.15, 0.2) is 0 Å². The maximum absolute atomic E-state index is 12.9. The van der Waals surface area contributed by atoms with E-state index in [9.17, 15) is 9.59 Å². The summed E-state index contributed by atoms with van der Waals surface area (Å²) >= 11 is 0. The lowest BCUT2D eigenvalue weighted by atomic mass is 9.96. The minimum absolute atomic E-state index is 0.0988. The predicted molar refractivity (Wildman–Crippen MR) is 106 cm³/mol. The van der Waals surface area contributed by atoms with Gasteiger partial charge in [-0.15, -0.1) is 0 Å². The fraction of sp³-hybridized carbons (Fsp3) is 0.636. The third-order valence-corrected chi connectivity index (χ3v) is 5.40. The van der Waals surface area contributed by atoms with Crippen LogP contribution < -0.4 is 5.32 Å². The van der Waals surface area contributed by atoms with Gasteiger partial charge >= 0.3 is 11.8 Å². The summed E-state index contributed by atoms with van der Waals surface area (Å²) in [5.74, 6) is -0.827. The van der Waals surface area contributed by atoms with Crippen LogP contribution in [-0.2, 0) is 9.59 Å². The van der Waals surface area contributed by atoms with E-state index < -0.39 is 11.8 Å². The van der Waals surface area contributed by atoms with Gasteiger partial charge in [0.2, 0.25) is 0 Å². The summed E-state index contributed by atoms with van der Waals surface area (Å²) < 4.78 is 0. The van der Waals surface area contributed by atoms with Gasteiger partial charge in [-0.1, -0.05) is 75.8 Å². The van der Waals surface area contributed by atoms with Gasteiger partial charge in [-0.25, -0.2) is 0 Å². The van der Waals surface area contributed by atoms with Gasteiger partial charge in [0, 0.05) is 12.6 Å². The summed E-state index contributed by atoms with van der Waals surface area (Å²) in [6.07, 6.45) is 9.90. The van der Waals surface area contributed by atoms with E-state index in [-0.39, 0.29) is 12.1 Å². The molecular weight excluding hydrogens is 324 g/mol. The Morgan fingerprint density at radius 2 is 1.69 bits per heavy atom. The van der Waals surface area contributed by atoms with Crippen molar-refractivity contribution in [2.45, 2.75) is 83.7 Å². The molecule has 1 fully saturated rings. The first-order valence-corrected chi connectivity index (χ1v) is 10.3. The summed E-state index contributed by atoms with van der Waals surface area (Å²) in [6.45, 7) is 4.72. The Bertz CT molecular complexity index is 551. The number of benzene rings is 1. The summed E-state index contributed by atoms with van der Waals surface area (Å²) in [4.78, 5) is 27.3. The van der Waals surface area contributed by atoms with Gasteiger partial charge in [-0.2, -0.15) is 0 Å². The van der Waals surface area contributed by atoms with Crippen molar-refractivity contribution in [2.24, 2.45) is 0 Å². The lowest BCUT2D eigenvalue weighted by molar-refractivity contribution is -0.147. The van der Waals surface area contributed by atoms with Crippen LogP contribution in [0.25, 0.3) is 0 Å². The highest BCUT2D eigenvalue weighted by atomic mass is 16.2. The van der Waals surface area contributed by atoms with Crippen LogP contribution >= 0.6 is 0 Å². The molecule has 0 saturated heterocycles. The van der Waals surface area contributed by atoms with Gasteiger partial charge in [0.25, 0.3) is 0 Å². The van der Waals surface area contributed by atoms with E-state index in [4.69, 9.17) is 0 Å². The number of carbonyl (C=O) groups excluding carboxylic acids is 2. The van der Waals surface area contributed by atoms with Crippen LogP contribution in [-0.4, -0.2) is 29.3 Å². The molecule has 0 bridgehead atoms.